The Bertz CT molecular complexity index is 887. The molecule has 0 aromatic carbocycles. The number of hydrogen-bond donors (Lipinski definition) is 1. The quantitative estimate of drug-likeness (QED) is 0.413. The fourth-order valence-corrected chi connectivity index (χ4v) is 3.73. The molecule has 0 bridgehead atoms. The number of fused-ring (bicyclic) bond motifs is 2. The SMILES string of the molecule is C/C=C/C1=CC2=CC3=C(C(=O)CCCCC)C(=O)OC3(C)C(=O)C2=CN1CO. The average Bonchev–Trinajstić information content (AvgIpc) is 2.93. The van der Waals surface area contributed by atoms with Crippen LogP contribution in [0.1, 0.15) is 46.5 Å². The highest BCUT2D eigenvalue weighted by Crippen LogP contribution is 2.44. The van der Waals surface area contributed by atoms with E-state index in [1.807, 2.05) is 26.0 Å². The minimum absolute atomic E-state index is 0.0101. The highest BCUT2D eigenvalue weighted by atomic mass is 16.6. The Labute approximate surface area is 164 Å². The molecule has 1 unspecified atom stereocenters. The van der Waals surface area contributed by atoms with Crippen molar-refractivity contribution in [2.24, 2.45) is 0 Å². The number of hydrogen-bond acceptors (Lipinski definition) is 6. The summed E-state index contributed by atoms with van der Waals surface area (Å²) in [6.45, 7) is 5.13. The predicted octanol–water partition coefficient (Wildman–Crippen LogP) is 2.87. The molecule has 0 aromatic heterocycles. The van der Waals surface area contributed by atoms with Crippen molar-refractivity contribution in [2.45, 2.75) is 52.1 Å². The van der Waals surface area contributed by atoms with E-state index in [9.17, 15) is 19.5 Å². The van der Waals surface area contributed by atoms with Crippen molar-refractivity contribution in [3.63, 3.8) is 0 Å². The lowest BCUT2D eigenvalue weighted by atomic mass is 9.76. The smallest absolute Gasteiger partial charge is 0.343 e. The summed E-state index contributed by atoms with van der Waals surface area (Å²) in [6, 6.07) is 0. The van der Waals surface area contributed by atoms with Crippen molar-refractivity contribution in [1.29, 1.82) is 0 Å². The van der Waals surface area contributed by atoms with Crippen LogP contribution in [0.5, 0.6) is 0 Å². The van der Waals surface area contributed by atoms with Gasteiger partial charge in [0.1, 0.15) is 12.3 Å². The van der Waals surface area contributed by atoms with E-state index in [-0.39, 0.29) is 30.3 Å². The Kier molecular flexibility index (Phi) is 5.52. The lowest BCUT2D eigenvalue weighted by molar-refractivity contribution is -0.153. The summed E-state index contributed by atoms with van der Waals surface area (Å²) in [5.74, 6) is -1.40. The van der Waals surface area contributed by atoms with Crippen LogP contribution in [0.15, 0.2) is 58.5 Å². The Hall–Kier alpha value is -2.73. The first-order chi connectivity index (χ1) is 13.4. The molecule has 1 atom stereocenters. The van der Waals surface area contributed by atoms with Gasteiger partial charge in [0.25, 0.3) is 0 Å². The van der Waals surface area contributed by atoms with Crippen LogP contribution in [0.4, 0.5) is 0 Å². The van der Waals surface area contributed by atoms with Gasteiger partial charge < -0.3 is 14.7 Å². The Morgan fingerprint density at radius 1 is 1.29 bits per heavy atom. The molecule has 1 N–H and O–H groups in total. The highest BCUT2D eigenvalue weighted by molar-refractivity contribution is 6.24. The summed E-state index contributed by atoms with van der Waals surface area (Å²) in [6.07, 6.45) is 11.5. The van der Waals surface area contributed by atoms with E-state index < -0.39 is 11.6 Å². The van der Waals surface area contributed by atoms with E-state index in [1.54, 1.807) is 18.4 Å². The van der Waals surface area contributed by atoms with Gasteiger partial charge in [-0.05, 0) is 44.1 Å². The van der Waals surface area contributed by atoms with E-state index in [2.05, 4.69) is 0 Å². The van der Waals surface area contributed by atoms with Gasteiger partial charge in [-0.15, -0.1) is 0 Å². The second kappa shape index (κ2) is 7.72. The van der Waals surface area contributed by atoms with Gasteiger partial charge in [0, 0.05) is 29.5 Å². The molecule has 3 rings (SSSR count). The zero-order valence-electron chi connectivity index (χ0n) is 16.4. The molecule has 0 saturated heterocycles. The number of allylic oxidation sites excluding steroid dienone is 4. The van der Waals surface area contributed by atoms with Crippen LogP contribution in [-0.4, -0.2) is 39.9 Å². The summed E-state index contributed by atoms with van der Waals surface area (Å²) >= 11 is 0. The molecule has 0 spiro atoms. The summed E-state index contributed by atoms with van der Waals surface area (Å²) < 4.78 is 5.41. The van der Waals surface area contributed by atoms with Crippen molar-refractivity contribution in [1.82, 2.24) is 4.90 Å². The van der Waals surface area contributed by atoms with Crippen molar-refractivity contribution in [2.75, 3.05) is 6.73 Å². The van der Waals surface area contributed by atoms with E-state index in [0.29, 0.717) is 28.8 Å². The molecular weight excluding hydrogens is 358 g/mol. The molecule has 2 aliphatic heterocycles. The van der Waals surface area contributed by atoms with E-state index in [1.165, 1.54) is 11.8 Å². The number of aliphatic hydroxyl groups excluding tert-OH is 1. The van der Waals surface area contributed by atoms with Crippen LogP contribution in [0.3, 0.4) is 0 Å². The van der Waals surface area contributed by atoms with Gasteiger partial charge in [0.05, 0.1) is 0 Å². The molecule has 28 heavy (non-hydrogen) atoms. The van der Waals surface area contributed by atoms with Crippen LogP contribution in [0.25, 0.3) is 0 Å². The summed E-state index contributed by atoms with van der Waals surface area (Å²) in [5.41, 5.74) is 0.482. The lowest BCUT2D eigenvalue weighted by Gasteiger charge is -2.33. The molecule has 0 amide bonds. The van der Waals surface area contributed by atoms with Crippen molar-refractivity contribution in [3.05, 3.63) is 58.5 Å². The normalized spacial score (nSPS) is 24.0. The molecule has 3 aliphatic rings. The van der Waals surface area contributed by atoms with Crippen LogP contribution in [0.2, 0.25) is 0 Å². The van der Waals surface area contributed by atoms with Crippen LogP contribution < -0.4 is 0 Å². The van der Waals surface area contributed by atoms with Crippen LogP contribution in [0, 0.1) is 0 Å². The van der Waals surface area contributed by atoms with Crippen LogP contribution >= 0.6 is 0 Å². The summed E-state index contributed by atoms with van der Waals surface area (Å²) in [7, 11) is 0. The predicted molar refractivity (Wildman–Crippen MR) is 104 cm³/mol. The number of carbonyl (C=O) groups excluding carboxylic acids is 3. The Morgan fingerprint density at radius 3 is 2.68 bits per heavy atom. The molecule has 1 aliphatic carbocycles. The fourth-order valence-electron chi connectivity index (χ4n) is 3.73. The van der Waals surface area contributed by atoms with Gasteiger partial charge in [0.15, 0.2) is 11.4 Å². The first kappa shape index (κ1) is 20.0. The average molecular weight is 383 g/mol. The lowest BCUT2D eigenvalue weighted by Crippen LogP contribution is -2.42. The van der Waals surface area contributed by atoms with Crippen molar-refractivity contribution >= 4 is 17.5 Å². The highest BCUT2D eigenvalue weighted by Gasteiger charge is 2.54. The molecular formula is C22H25NO5. The molecule has 0 aromatic rings. The topological polar surface area (TPSA) is 83.9 Å². The molecule has 0 fully saturated rings. The van der Waals surface area contributed by atoms with Gasteiger partial charge in [-0.3, -0.25) is 9.59 Å². The minimum atomic E-state index is -1.50. The first-order valence-electron chi connectivity index (χ1n) is 9.59. The zero-order valence-corrected chi connectivity index (χ0v) is 16.4. The van der Waals surface area contributed by atoms with Gasteiger partial charge in [-0.2, -0.15) is 0 Å². The summed E-state index contributed by atoms with van der Waals surface area (Å²) in [5, 5.41) is 9.61. The van der Waals surface area contributed by atoms with Gasteiger partial charge in [-0.1, -0.05) is 25.8 Å². The molecule has 0 radical (unpaired) electrons. The van der Waals surface area contributed by atoms with E-state index in [0.717, 1.165) is 12.8 Å². The zero-order chi connectivity index (χ0) is 20.5. The van der Waals surface area contributed by atoms with Crippen LogP contribution in [-0.2, 0) is 19.1 Å². The minimum Gasteiger partial charge on any atom is -0.442 e. The number of unbranched alkanes of at least 4 members (excludes halogenated alkanes) is 2. The van der Waals surface area contributed by atoms with Gasteiger partial charge in [-0.25, -0.2) is 4.79 Å². The number of ketones is 2. The van der Waals surface area contributed by atoms with Gasteiger partial charge >= 0.3 is 5.97 Å². The number of esters is 1. The largest absolute Gasteiger partial charge is 0.442 e. The molecule has 0 saturated carbocycles. The van der Waals surface area contributed by atoms with Crippen molar-refractivity contribution < 1.29 is 24.2 Å². The maximum Gasteiger partial charge on any atom is 0.343 e. The maximum atomic E-state index is 13.2. The number of Topliss-reactive ketones (excluding diaryl/α,β-unsaturated/α-hetero) is 2. The maximum absolute atomic E-state index is 13.2. The first-order valence-corrected chi connectivity index (χ1v) is 9.59. The number of rotatable bonds is 7. The summed E-state index contributed by atoms with van der Waals surface area (Å²) in [4.78, 5) is 39.9. The fraction of sp³-hybridized carbons (Fsp3) is 0.409. The molecule has 148 valence electrons. The van der Waals surface area contributed by atoms with Gasteiger partial charge in [0.2, 0.25) is 5.78 Å². The second-order valence-corrected chi connectivity index (χ2v) is 7.24. The third-order valence-corrected chi connectivity index (χ3v) is 5.27. The monoisotopic (exact) mass is 383 g/mol. The van der Waals surface area contributed by atoms with E-state index >= 15 is 0 Å². The number of aliphatic hydroxyl groups is 1. The second-order valence-electron chi connectivity index (χ2n) is 7.24. The third-order valence-electron chi connectivity index (χ3n) is 5.27. The third kappa shape index (κ3) is 3.18. The number of carbonyl (C=O) groups is 3. The Morgan fingerprint density at radius 2 is 2.04 bits per heavy atom. The molecule has 6 heteroatoms. The standard InChI is InChI=1S/C22H25NO5/c1-4-6-7-9-18(25)19-17-11-14-10-15(8-5-2)23(13-24)12-16(14)20(26)22(17,3)28-21(19)27/h5,8,10-12,24H,4,6-7,9,13H2,1-3H3/b8-5+. The van der Waals surface area contributed by atoms with E-state index in [4.69, 9.17) is 4.74 Å². The molecule has 6 nitrogen and oxygen atoms in total. The van der Waals surface area contributed by atoms with Crippen molar-refractivity contribution in [3.8, 4) is 0 Å². The molecule has 2 heterocycles. The number of ether oxygens (including phenoxy) is 1. The number of nitrogens with zero attached hydrogens (tertiary/aromatic N) is 1. The Balaban J connectivity index is 2.10.